The van der Waals surface area contributed by atoms with Crippen molar-refractivity contribution in [2.75, 3.05) is 6.61 Å². The lowest BCUT2D eigenvalue weighted by molar-refractivity contribution is -0.384. The van der Waals surface area contributed by atoms with Crippen molar-refractivity contribution in [2.24, 2.45) is 0 Å². The van der Waals surface area contributed by atoms with Gasteiger partial charge in [0.25, 0.3) is 5.69 Å². The van der Waals surface area contributed by atoms with E-state index >= 15 is 0 Å². The van der Waals surface area contributed by atoms with Crippen LogP contribution in [0.2, 0.25) is 0 Å². The van der Waals surface area contributed by atoms with Gasteiger partial charge in [0.2, 0.25) is 5.91 Å². The highest BCUT2D eigenvalue weighted by Gasteiger charge is 2.20. The maximum atomic E-state index is 11.9. The highest BCUT2D eigenvalue weighted by Crippen LogP contribution is 2.13. The fraction of sp³-hybridized carbons (Fsp3) is 0.222. The molecule has 0 spiro atoms. The molecule has 0 unspecified atom stereocenters. The molecule has 0 aliphatic rings. The zero-order valence-corrected chi connectivity index (χ0v) is 13.8. The fourth-order valence-corrected chi connectivity index (χ4v) is 2.26. The average Bonchev–Trinajstić information content (AvgIpc) is 2.62. The molecular formula is C18H18N2O6. The standard InChI is InChI=1S/C18H18N2O6/c21-17(12-26-11-14-4-2-1-3-5-14)19-16(18(22)23)10-13-6-8-15(9-7-13)20(24)25/h1-9,16H,10-12H2,(H,19,21)(H,22,23)/t16-/m1/s1. The van der Waals surface area contributed by atoms with Gasteiger partial charge in [0, 0.05) is 18.6 Å². The van der Waals surface area contributed by atoms with Gasteiger partial charge in [-0.25, -0.2) is 4.79 Å². The molecule has 8 nitrogen and oxygen atoms in total. The number of carboxylic acid groups (broad SMARTS) is 1. The molecule has 0 heterocycles. The van der Waals surface area contributed by atoms with Gasteiger partial charge in [0.1, 0.15) is 12.6 Å². The van der Waals surface area contributed by atoms with Crippen LogP contribution in [-0.2, 0) is 27.4 Å². The minimum atomic E-state index is -1.19. The number of carboxylic acids is 1. The van der Waals surface area contributed by atoms with E-state index < -0.39 is 22.8 Å². The Balaban J connectivity index is 1.85. The second kappa shape index (κ2) is 9.28. The van der Waals surface area contributed by atoms with Crippen LogP contribution in [0.5, 0.6) is 0 Å². The van der Waals surface area contributed by atoms with Crippen molar-refractivity contribution >= 4 is 17.6 Å². The van der Waals surface area contributed by atoms with Crippen molar-refractivity contribution in [1.29, 1.82) is 0 Å². The summed E-state index contributed by atoms with van der Waals surface area (Å²) < 4.78 is 5.27. The summed E-state index contributed by atoms with van der Waals surface area (Å²) in [5.41, 5.74) is 1.38. The first kappa shape index (κ1) is 19.1. The highest BCUT2D eigenvalue weighted by atomic mass is 16.6. The van der Waals surface area contributed by atoms with Crippen molar-refractivity contribution in [2.45, 2.75) is 19.1 Å². The molecule has 0 radical (unpaired) electrons. The van der Waals surface area contributed by atoms with E-state index in [0.29, 0.717) is 5.56 Å². The van der Waals surface area contributed by atoms with E-state index in [-0.39, 0.29) is 25.3 Å². The predicted molar refractivity (Wildman–Crippen MR) is 92.5 cm³/mol. The maximum Gasteiger partial charge on any atom is 0.326 e. The molecule has 26 heavy (non-hydrogen) atoms. The van der Waals surface area contributed by atoms with Gasteiger partial charge in [-0.3, -0.25) is 14.9 Å². The first-order chi connectivity index (χ1) is 12.5. The summed E-state index contributed by atoms with van der Waals surface area (Å²) in [6, 6.07) is 13.6. The minimum absolute atomic E-state index is 0.0117. The summed E-state index contributed by atoms with van der Waals surface area (Å²) in [7, 11) is 0. The number of nitro benzene ring substituents is 1. The second-order valence-electron chi connectivity index (χ2n) is 5.56. The number of non-ortho nitro benzene ring substituents is 1. The number of rotatable bonds is 9. The van der Waals surface area contributed by atoms with Gasteiger partial charge in [-0.15, -0.1) is 0 Å². The Kier molecular flexibility index (Phi) is 6.81. The van der Waals surface area contributed by atoms with Gasteiger partial charge in [-0.1, -0.05) is 42.5 Å². The van der Waals surface area contributed by atoms with Crippen LogP contribution in [-0.4, -0.2) is 34.6 Å². The van der Waals surface area contributed by atoms with Crippen LogP contribution >= 0.6 is 0 Å². The number of hydrogen-bond donors (Lipinski definition) is 2. The van der Waals surface area contributed by atoms with Crippen molar-refractivity contribution in [3.8, 4) is 0 Å². The van der Waals surface area contributed by atoms with E-state index in [2.05, 4.69) is 5.32 Å². The van der Waals surface area contributed by atoms with E-state index in [1.54, 1.807) is 0 Å². The van der Waals surface area contributed by atoms with Gasteiger partial charge in [0.15, 0.2) is 0 Å². The van der Waals surface area contributed by atoms with Gasteiger partial charge in [-0.05, 0) is 11.1 Å². The molecule has 0 bridgehead atoms. The molecule has 8 heteroatoms. The van der Waals surface area contributed by atoms with Crippen LogP contribution in [0.3, 0.4) is 0 Å². The highest BCUT2D eigenvalue weighted by molar-refractivity contribution is 5.84. The molecular weight excluding hydrogens is 340 g/mol. The maximum absolute atomic E-state index is 11.9. The lowest BCUT2D eigenvalue weighted by Gasteiger charge is -2.14. The first-order valence-corrected chi connectivity index (χ1v) is 7.83. The number of hydrogen-bond acceptors (Lipinski definition) is 5. The summed E-state index contributed by atoms with van der Waals surface area (Å²) in [6.07, 6.45) is 0.0117. The van der Waals surface area contributed by atoms with Gasteiger partial charge >= 0.3 is 5.97 Å². The Morgan fingerprint density at radius 3 is 2.31 bits per heavy atom. The lowest BCUT2D eigenvalue weighted by Crippen LogP contribution is -2.43. The summed E-state index contributed by atoms with van der Waals surface area (Å²) >= 11 is 0. The molecule has 0 aliphatic carbocycles. The number of nitrogens with zero attached hydrogens (tertiary/aromatic N) is 1. The van der Waals surface area contributed by atoms with Crippen LogP contribution < -0.4 is 5.32 Å². The fourth-order valence-electron chi connectivity index (χ4n) is 2.26. The smallest absolute Gasteiger partial charge is 0.326 e. The summed E-state index contributed by atoms with van der Waals surface area (Å²) in [5, 5.41) is 22.3. The zero-order chi connectivity index (χ0) is 18.9. The normalized spacial score (nSPS) is 11.5. The predicted octanol–water partition coefficient (Wildman–Crippen LogP) is 1.92. The average molecular weight is 358 g/mol. The third-order valence-corrected chi connectivity index (χ3v) is 3.57. The molecule has 0 aliphatic heterocycles. The van der Waals surface area contributed by atoms with E-state index in [1.807, 2.05) is 30.3 Å². The lowest BCUT2D eigenvalue weighted by atomic mass is 10.1. The van der Waals surface area contributed by atoms with Crippen LogP contribution in [0, 0.1) is 10.1 Å². The van der Waals surface area contributed by atoms with Crippen molar-refractivity contribution in [1.82, 2.24) is 5.32 Å². The van der Waals surface area contributed by atoms with Crippen LogP contribution in [0.15, 0.2) is 54.6 Å². The van der Waals surface area contributed by atoms with E-state index in [1.165, 1.54) is 24.3 Å². The van der Waals surface area contributed by atoms with Gasteiger partial charge in [-0.2, -0.15) is 0 Å². The van der Waals surface area contributed by atoms with E-state index in [0.717, 1.165) is 5.56 Å². The Labute approximate surface area is 149 Å². The molecule has 1 amide bonds. The number of aliphatic carboxylic acids is 1. The molecule has 2 N–H and O–H groups in total. The van der Waals surface area contributed by atoms with Crippen molar-refractivity contribution in [3.63, 3.8) is 0 Å². The monoisotopic (exact) mass is 358 g/mol. The molecule has 0 saturated heterocycles. The van der Waals surface area contributed by atoms with Crippen LogP contribution in [0.4, 0.5) is 5.69 Å². The summed E-state index contributed by atoms with van der Waals surface area (Å²) in [6.45, 7) is -0.0205. The molecule has 0 fully saturated rings. The molecule has 1 atom stereocenters. The molecule has 2 aromatic rings. The Hall–Kier alpha value is -3.26. The Morgan fingerprint density at radius 2 is 1.73 bits per heavy atom. The van der Waals surface area contributed by atoms with E-state index in [4.69, 9.17) is 4.74 Å². The summed E-state index contributed by atoms with van der Waals surface area (Å²) in [5.74, 6) is -1.74. The number of benzene rings is 2. The number of nitrogens with one attached hydrogen (secondary N) is 1. The number of amides is 1. The van der Waals surface area contributed by atoms with Crippen LogP contribution in [0.1, 0.15) is 11.1 Å². The number of carbonyl (C=O) groups excluding carboxylic acids is 1. The van der Waals surface area contributed by atoms with Crippen molar-refractivity contribution in [3.05, 3.63) is 75.8 Å². The van der Waals surface area contributed by atoms with Crippen molar-refractivity contribution < 1.29 is 24.4 Å². The number of nitro groups is 1. The number of carbonyl (C=O) groups is 2. The topological polar surface area (TPSA) is 119 Å². The Bertz CT molecular complexity index is 761. The van der Waals surface area contributed by atoms with Gasteiger partial charge in [0.05, 0.1) is 11.5 Å². The molecule has 0 saturated carbocycles. The second-order valence-corrected chi connectivity index (χ2v) is 5.56. The minimum Gasteiger partial charge on any atom is -0.480 e. The summed E-state index contributed by atoms with van der Waals surface area (Å²) in [4.78, 5) is 33.3. The molecule has 2 aromatic carbocycles. The van der Waals surface area contributed by atoms with E-state index in [9.17, 15) is 24.8 Å². The van der Waals surface area contributed by atoms with Crippen LogP contribution in [0.25, 0.3) is 0 Å². The molecule has 0 aromatic heterocycles. The third kappa shape index (κ3) is 5.99. The third-order valence-electron chi connectivity index (χ3n) is 3.57. The SMILES string of the molecule is O=C(COCc1ccccc1)N[C@H](Cc1ccc([N+](=O)[O-])cc1)C(=O)O. The Morgan fingerprint density at radius 1 is 1.08 bits per heavy atom. The molecule has 136 valence electrons. The number of ether oxygens (including phenoxy) is 1. The zero-order valence-electron chi connectivity index (χ0n) is 13.8. The van der Waals surface area contributed by atoms with Gasteiger partial charge < -0.3 is 15.2 Å². The molecule has 2 rings (SSSR count). The quantitative estimate of drug-likeness (QED) is 0.522. The first-order valence-electron chi connectivity index (χ1n) is 7.83. The largest absolute Gasteiger partial charge is 0.480 e.